The Morgan fingerprint density at radius 2 is 1.15 bits per heavy atom. The van der Waals surface area contributed by atoms with E-state index in [-0.39, 0.29) is 0 Å². The topological polar surface area (TPSA) is 25.8 Å². The van der Waals surface area contributed by atoms with Crippen molar-refractivity contribution in [3.63, 3.8) is 0 Å². The molecule has 0 bridgehead atoms. The Morgan fingerprint density at radius 1 is 0.650 bits per heavy atom. The molecule has 0 atom stereocenters. The normalized spacial score (nSPS) is 11.0. The summed E-state index contributed by atoms with van der Waals surface area (Å²) in [6, 6.07) is 12.8. The van der Waals surface area contributed by atoms with Gasteiger partial charge in [0.05, 0.1) is 0 Å². The van der Waals surface area contributed by atoms with Crippen LogP contribution in [0.3, 0.4) is 0 Å². The predicted octanol–water partition coefficient (Wildman–Crippen LogP) is 5.09. The summed E-state index contributed by atoms with van der Waals surface area (Å²) in [5, 5.41) is 8.61. The molecule has 0 amide bonds. The Balaban J connectivity index is 2.04. The molecule has 0 aliphatic rings. The van der Waals surface area contributed by atoms with E-state index in [0.717, 1.165) is 10.0 Å². The number of hydrogen-bond donors (Lipinski definition) is 0. The standard InChI is InChI=1S/C16H10N2S2/c1-3-11-12(13(5-1)15-17-7-9-19-15)4-2-6-14(11)16-18-8-10-20-16/h1-10H. The highest BCUT2D eigenvalue weighted by atomic mass is 32.1. The van der Waals surface area contributed by atoms with Crippen LogP contribution in [0.25, 0.3) is 31.9 Å². The molecule has 4 heteroatoms. The van der Waals surface area contributed by atoms with Gasteiger partial charge in [-0.1, -0.05) is 36.4 Å². The average Bonchev–Trinajstić information content (AvgIpc) is 3.19. The molecular formula is C16H10N2S2. The van der Waals surface area contributed by atoms with Crippen molar-refractivity contribution in [2.45, 2.75) is 0 Å². The molecule has 2 nitrogen and oxygen atoms in total. The van der Waals surface area contributed by atoms with E-state index in [4.69, 9.17) is 0 Å². The maximum absolute atomic E-state index is 4.43. The lowest BCUT2D eigenvalue weighted by Gasteiger charge is -2.07. The van der Waals surface area contributed by atoms with Gasteiger partial charge in [0, 0.05) is 34.3 Å². The molecule has 0 saturated heterocycles. The minimum absolute atomic E-state index is 1.06. The molecule has 96 valence electrons. The molecule has 0 spiro atoms. The summed E-state index contributed by atoms with van der Waals surface area (Å²) in [4.78, 5) is 8.87. The van der Waals surface area contributed by atoms with Crippen LogP contribution in [0.1, 0.15) is 0 Å². The molecule has 20 heavy (non-hydrogen) atoms. The number of rotatable bonds is 2. The zero-order valence-corrected chi connectivity index (χ0v) is 12.1. The van der Waals surface area contributed by atoms with E-state index in [9.17, 15) is 0 Å². The summed E-state index contributed by atoms with van der Waals surface area (Å²) in [5.41, 5.74) is 2.38. The number of benzene rings is 2. The summed E-state index contributed by atoms with van der Waals surface area (Å²) in [6.07, 6.45) is 3.70. The minimum Gasteiger partial charge on any atom is -0.245 e. The molecule has 0 aliphatic carbocycles. The second-order valence-electron chi connectivity index (χ2n) is 4.38. The lowest BCUT2D eigenvalue weighted by molar-refractivity contribution is 1.42. The maximum Gasteiger partial charge on any atom is 0.123 e. The predicted molar refractivity (Wildman–Crippen MR) is 86.2 cm³/mol. The first-order valence-corrected chi connectivity index (χ1v) is 8.01. The van der Waals surface area contributed by atoms with Gasteiger partial charge in [0.15, 0.2) is 0 Å². The van der Waals surface area contributed by atoms with Gasteiger partial charge in [0.2, 0.25) is 0 Å². The van der Waals surface area contributed by atoms with Gasteiger partial charge < -0.3 is 0 Å². The number of hydrogen-bond acceptors (Lipinski definition) is 4. The first kappa shape index (κ1) is 11.8. The zero-order valence-electron chi connectivity index (χ0n) is 10.5. The fourth-order valence-corrected chi connectivity index (χ4v) is 3.75. The maximum atomic E-state index is 4.43. The Bertz CT molecular complexity index is 776. The summed E-state index contributed by atoms with van der Waals surface area (Å²) in [7, 11) is 0. The number of aromatic nitrogens is 2. The third-order valence-corrected chi connectivity index (χ3v) is 4.86. The molecule has 0 saturated carbocycles. The molecule has 4 aromatic rings. The van der Waals surface area contributed by atoms with Gasteiger partial charge in [-0.15, -0.1) is 22.7 Å². The largest absolute Gasteiger partial charge is 0.245 e. The Hall–Kier alpha value is -2.04. The Kier molecular flexibility index (Phi) is 2.83. The number of nitrogens with zero attached hydrogens (tertiary/aromatic N) is 2. The highest BCUT2D eigenvalue weighted by Crippen LogP contribution is 2.35. The van der Waals surface area contributed by atoms with Gasteiger partial charge >= 0.3 is 0 Å². The van der Waals surface area contributed by atoms with Crippen LogP contribution in [0.2, 0.25) is 0 Å². The number of fused-ring (bicyclic) bond motifs is 1. The second-order valence-corrected chi connectivity index (χ2v) is 6.17. The highest BCUT2D eigenvalue weighted by Gasteiger charge is 2.10. The molecule has 2 heterocycles. The molecule has 0 radical (unpaired) electrons. The van der Waals surface area contributed by atoms with E-state index in [0.29, 0.717) is 0 Å². The lowest BCUT2D eigenvalue weighted by Crippen LogP contribution is -1.84. The summed E-state index contributed by atoms with van der Waals surface area (Å²) in [5.74, 6) is 0. The van der Waals surface area contributed by atoms with Crippen molar-refractivity contribution in [3.05, 3.63) is 59.6 Å². The molecule has 2 aromatic carbocycles. The quantitative estimate of drug-likeness (QED) is 0.515. The van der Waals surface area contributed by atoms with Gasteiger partial charge in [0.25, 0.3) is 0 Å². The Morgan fingerprint density at radius 3 is 1.55 bits per heavy atom. The van der Waals surface area contributed by atoms with Crippen LogP contribution in [0.4, 0.5) is 0 Å². The van der Waals surface area contributed by atoms with Crippen molar-refractivity contribution >= 4 is 33.4 Å². The highest BCUT2D eigenvalue weighted by molar-refractivity contribution is 7.13. The molecule has 4 rings (SSSR count). The van der Waals surface area contributed by atoms with Gasteiger partial charge in [-0.25, -0.2) is 9.97 Å². The van der Waals surface area contributed by atoms with Gasteiger partial charge in [0.1, 0.15) is 10.0 Å². The van der Waals surface area contributed by atoms with Crippen LogP contribution in [0.5, 0.6) is 0 Å². The summed E-state index contributed by atoms with van der Waals surface area (Å²) in [6.45, 7) is 0. The van der Waals surface area contributed by atoms with Crippen molar-refractivity contribution in [1.82, 2.24) is 9.97 Å². The van der Waals surface area contributed by atoms with E-state index in [1.54, 1.807) is 22.7 Å². The van der Waals surface area contributed by atoms with Crippen LogP contribution in [-0.4, -0.2) is 9.97 Å². The monoisotopic (exact) mass is 294 g/mol. The summed E-state index contributed by atoms with van der Waals surface area (Å²) < 4.78 is 0. The van der Waals surface area contributed by atoms with Crippen molar-refractivity contribution in [3.8, 4) is 21.1 Å². The molecular weight excluding hydrogens is 284 g/mol. The first-order chi connectivity index (χ1) is 9.93. The van der Waals surface area contributed by atoms with Gasteiger partial charge in [-0.2, -0.15) is 0 Å². The SMILES string of the molecule is c1cc(-c2nccs2)c2cccc(-c3nccs3)c2c1. The van der Waals surface area contributed by atoms with Crippen LogP contribution >= 0.6 is 22.7 Å². The lowest BCUT2D eigenvalue weighted by atomic mass is 10.0. The van der Waals surface area contributed by atoms with Crippen LogP contribution in [-0.2, 0) is 0 Å². The third kappa shape index (κ3) is 1.85. The molecule has 0 N–H and O–H groups in total. The van der Waals surface area contributed by atoms with Crippen molar-refractivity contribution in [2.75, 3.05) is 0 Å². The van der Waals surface area contributed by atoms with E-state index >= 15 is 0 Å². The Labute approximate surface area is 124 Å². The van der Waals surface area contributed by atoms with Crippen LogP contribution in [0.15, 0.2) is 59.6 Å². The number of thiazole rings is 2. The van der Waals surface area contributed by atoms with Crippen molar-refractivity contribution in [1.29, 1.82) is 0 Å². The van der Waals surface area contributed by atoms with E-state index < -0.39 is 0 Å². The van der Waals surface area contributed by atoms with Crippen molar-refractivity contribution < 1.29 is 0 Å². The van der Waals surface area contributed by atoms with E-state index in [1.807, 2.05) is 23.2 Å². The minimum atomic E-state index is 1.06. The zero-order chi connectivity index (χ0) is 13.4. The van der Waals surface area contributed by atoms with E-state index in [2.05, 4.69) is 46.4 Å². The van der Waals surface area contributed by atoms with Gasteiger partial charge in [-0.05, 0) is 10.8 Å². The first-order valence-electron chi connectivity index (χ1n) is 6.25. The van der Waals surface area contributed by atoms with Gasteiger partial charge in [-0.3, -0.25) is 0 Å². The van der Waals surface area contributed by atoms with Crippen molar-refractivity contribution in [2.24, 2.45) is 0 Å². The molecule has 0 aliphatic heterocycles. The second kappa shape index (κ2) is 4.81. The fraction of sp³-hybridized carbons (Fsp3) is 0. The summed E-state index contributed by atoms with van der Waals surface area (Å²) >= 11 is 3.34. The van der Waals surface area contributed by atoms with E-state index in [1.165, 1.54) is 21.9 Å². The molecule has 0 unspecified atom stereocenters. The van der Waals surface area contributed by atoms with Crippen LogP contribution in [0, 0.1) is 0 Å². The fourth-order valence-electron chi connectivity index (χ4n) is 2.40. The smallest absolute Gasteiger partial charge is 0.123 e. The molecule has 0 fully saturated rings. The third-order valence-electron chi connectivity index (χ3n) is 3.25. The molecule has 2 aromatic heterocycles. The van der Waals surface area contributed by atoms with Crippen LogP contribution < -0.4 is 0 Å². The average molecular weight is 294 g/mol.